The summed E-state index contributed by atoms with van der Waals surface area (Å²) in [5.41, 5.74) is 2.79. The topological polar surface area (TPSA) is 113 Å². The van der Waals surface area contributed by atoms with Crippen molar-refractivity contribution in [2.75, 3.05) is 10.6 Å². The van der Waals surface area contributed by atoms with Crippen LogP contribution < -0.4 is 4.31 Å². The Morgan fingerprint density at radius 2 is 1.85 bits per heavy atom. The molecule has 1 aliphatic rings. The zero-order valence-corrected chi connectivity index (χ0v) is 29.8. The van der Waals surface area contributed by atoms with Crippen LogP contribution in [0.1, 0.15) is 91.0 Å². The lowest BCUT2D eigenvalue weighted by Crippen LogP contribution is -2.45. The standard InChI is InChI=1S/C35H47FN4O6S/c1-11-39-29(18-19-37-39)40(47(10,42)43)33-23(4)31(24-12-14-25(36)15-13-24)28(32(38-33)22(2)3)17-16-26-20-27(45-35(8,9)44-26)21-30(41)46-34(5,6)7/h12-19,22,26-27H,11,20-21H2,1-10H3/b17-16+/t26-,27-/m1/s1. The molecule has 2 atom stereocenters. The van der Waals surface area contributed by atoms with E-state index in [9.17, 15) is 17.6 Å². The highest BCUT2D eigenvalue weighted by Crippen LogP contribution is 2.41. The van der Waals surface area contributed by atoms with Crippen LogP contribution in [0.3, 0.4) is 0 Å². The molecule has 0 bridgehead atoms. The molecular weight excluding hydrogens is 623 g/mol. The summed E-state index contributed by atoms with van der Waals surface area (Å²) in [5, 5.41) is 4.30. The summed E-state index contributed by atoms with van der Waals surface area (Å²) in [6.45, 7) is 17.2. The van der Waals surface area contributed by atoms with Gasteiger partial charge in [0.25, 0.3) is 0 Å². The van der Waals surface area contributed by atoms with E-state index in [4.69, 9.17) is 19.2 Å². The number of ether oxygens (including phenoxy) is 3. The van der Waals surface area contributed by atoms with E-state index in [-0.39, 0.29) is 29.9 Å². The Hall–Kier alpha value is -3.61. The molecule has 256 valence electrons. The van der Waals surface area contributed by atoms with Gasteiger partial charge < -0.3 is 14.2 Å². The van der Waals surface area contributed by atoms with Crippen LogP contribution in [0.5, 0.6) is 0 Å². The van der Waals surface area contributed by atoms with Crippen LogP contribution in [0.25, 0.3) is 17.2 Å². The fourth-order valence-electron chi connectivity index (χ4n) is 5.84. The van der Waals surface area contributed by atoms with E-state index in [1.807, 2.05) is 60.6 Å². The molecule has 12 heteroatoms. The summed E-state index contributed by atoms with van der Waals surface area (Å²) >= 11 is 0. The highest BCUT2D eigenvalue weighted by atomic mass is 32.2. The molecule has 0 spiro atoms. The van der Waals surface area contributed by atoms with Crippen LogP contribution in [0, 0.1) is 12.7 Å². The molecule has 1 saturated heterocycles. The molecule has 1 fully saturated rings. The summed E-state index contributed by atoms with van der Waals surface area (Å²) < 4.78 is 61.6. The molecule has 0 radical (unpaired) electrons. The third-order valence-electron chi connectivity index (χ3n) is 7.56. The number of carbonyl (C=O) groups excluding carboxylic acids is 1. The Morgan fingerprint density at radius 3 is 2.43 bits per heavy atom. The van der Waals surface area contributed by atoms with Gasteiger partial charge in [-0.1, -0.05) is 38.1 Å². The lowest BCUT2D eigenvalue weighted by Gasteiger charge is -2.40. The smallest absolute Gasteiger partial charge is 0.308 e. The van der Waals surface area contributed by atoms with Crippen LogP contribution in [-0.2, 0) is 35.6 Å². The zero-order chi connectivity index (χ0) is 34.9. The van der Waals surface area contributed by atoms with E-state index < -0.39 is 33.6 Å². The van der Waals surface area contributed by atoms with Crippen molar-refractivity contribution in [2.45, 2.75) is 111 Å². The third-order valence-corrected chi connectivity index (χ3v) is 8.58. The molecule has 10 nitrogen and oxygen atoms in total. The van der Waals surface area contributed by atoms with E-state index in [2.05, 4.69) is 5.10 Å². The highest BCUT2D eigenvalue weighted by molar-refractivity contribution is 7.92. The summed E-state index contributed by atoms with van der Waals surface area (Å²) in [6, 6.07) is 7.75. The average Bonchev–Trinajstić information content (AvgIpc) is 3.38. The molecule has 1 aliphatic heterocycles. The maximum absolute atomic E-state index is 14.1. The number of anilines is 2. The summed E-state index contributed by atoms with van der Waals surface area (Å²) in [6.07, 6.45) is 6.18. The SMILES string of the molecule is CCn1nccc1N(c1nc(C(C)C)c(/C=C/[C@@H]2C[C@H](CC(=O)OC(C)(C)C)OC(C)(C)O2)c(-c2ccc(F)cc2)c1C)S(C)(=O)=O. The van der Waals surface area contributed by atoms with Crippen molar-refractivity contribution in [1.82, 2.24) is 14.8 Å². The van der Waals surface area contributed by atoms with Crippen molar-refractivity contribution in [3.8, 4) is 11.1 Å². The van der Waals surface area contributed by atoms with Gasteiger partial charge in [0.05, 0.1) is 36.8 Å². The first-order chi connectivity index (χ1) is 21.8. The fourth-order valence-corrected chi connectivity index (χ4v) is 6.82. The molecule has 47 heavy (non-hydrogen) atoms. The fraction of sp³-hybridized carbons (Fsp3) is 0.514. The molecular formula is C35H47FN4O6S. The number of benzene rings is 1. The second kappa shape index (κ2) is 13.9. The Kier molecular flexibility index (Phi) is 10.7. The summed E-state index contributed by atoms with van der Waals surface area (Å²) in [5.74, 6) is -1.22. The normalized spacial score (nSPS) is 18.6. The van der Waals surface area contributed by atoms with Gasteiger partial charge in [0, 0.05) is 30.2 Å². The number of hydrogen-bond acceptors (Lipinski definition) is 8. The molecule has 3 aromatic rings. The van der Waals surface area contributed by atoms with Gasteiger partial charge in [-0.05, 0) is 77.6 Å². The number of halogens is 1. The van der Waals surface area contributed by atoms with Crippen LogP contribution in [-0.4, -0.2) is 59.0 Å². The molecule has 1 aromatic carbocycles. The summed E-state index contributed by atoms with van der Waals surface area (Å²) in [4.78, 5) is 17.6. The lowest BCUT2D eigenvalue weighted by molar-refractivity contribution is -0.290. The Morgan fingerprint density at radius 1 is 1.19 bits per heavy atom. The van der Waals surface area contributed by atoms with E-state index in [1.54, 1.807) is 42.9 Å². The van der Waals surface area contributed by atoms with Crippen molar-refractivity contribution in [3.63, 3.8) is 0 Å². The maximum Gasteiger partial charge on any atom is 0.308 e. The van der Waals surface area contributed by atoms with Gasteiger partial charge in [0.2, 0.25) is 10.0 Å². The van der Waals surface area contributed by atoms with Crippen LogP contribution in [0.4, 0.5) is 16.0 Å². The second-order valence-corrected chi connectivity index (χ2v) is 15.4. The molecule has 0 unspecified atom stereocenters. The van der Waals surface area contributed by atoms with Gasteiger partial charge in [-0.3, -0.25) is 4.79 Å². The number of esters is 1. The molecule has 2 aromatic heterocycles. The third kappa shape index (κ3) is 8.85. The first-order valence-electron chi connectivity index (χ1n) is 15.9. The minimum atomic E-state index is -3.87. The number of aromatic nitrogens is 3. The summed E-state index contributed by atoms with van der Waals surface area (Å²) in [7, 11) is -3.87. The number of rotatable bonds is 10. The van der Waals surface area contributed by atoms with Crippen LogP contribution in [0.15, 0.2) is 42.6 Å². The van der Waals surface area contributed by atoms with E-state index in [1.165, 1.54) is 16.4 Å². The Labute approximate surface area is 278 Å². The van der Waals surface area contributed by atoms with E-state index in [0.29, 0.717) is 41.2 Å². The first-order valence-corrected chi connectivity index (χ1v) is 17.7. The predicted molar refractivity (Wildman–Crippen MR) is 181 cm³/mol. The number of aryl methyl sites for hydroxylation is 1. The Bertz CT molecular complexity index is 1730. The predicted octanol–water partition coefficient (Wildman–Crippen LogP) is 7.29. The van der Waals surface area contributed by atoms with Gasteiger partial charge in [0.15, 0.2) is 11.6 Å². The number of hydrogen-bond donors (Lipinski definition) is 0. The molecule has 0 saturated carbocycles. The second-order valence-electron chi connectivity index (χ2n) is 13.6. The van der Waals surface area contributed by atoms with Crippen LogP contribution >= 0.6 is 0 Å². The first kappa shape index (κ1) is 36.2. The lowest BCUT2D eigenvalue weighted by atomic mass is 9.90. The number of sulfonamides is 1. The molecule has 0 N–H and O–H groups in total. The average molecular weight is 671 g/mol. The largest absolute Gasteiger partial charge is 0.460 e. The Balaban J connectivity index is 1.87. The van der Waals surface area contributed by atoms with Crippen molar-refractivity contribution in [1.29, 1.82) is 0 Å². The number of nitrogens with zero attached hydrogens (tertiary/aromatic N) is 4. The quantitative estimate of drug-likeness (QED) is 0.207. The van der Waals surface area contributed by atoms with Crippen molar-refractivity contribution >= 4 is 33.7 Å². The zero-order valence-electron chi connectivity index (χ0n) is 29.0. The molecule has 0 aliphatic carbocycles. The monoisotopic (exact) mass is 670 g/mol. The molecule has 0 amide bonds. The van der Waals surface area contributed by atoms with Gasteiger partial charge in [-0.15, -0.1) is 0 Å². The van der Waals surface area contributed by atoms with Crippen molar-refractivity contribution < 1.29 is 31.8 Å². The van der Waals surface area contributed by atoms with Gasteiger partial charge in [0.1, 0.15) is 17.2 Å². The van der Waals surface area contributed by atoms with Gasteiger partial charge in [-0.25, -0.2) is 26.8 Å². The van der Waals surface area contributed by atoms with Crippen molar-refractivity contribution in [3.05, 3.63) is 65.2 Å². The number of carbonyl (C=O) groups is 1. The van der Waals surface area contributed by atoms with Gasteiger partial charge in [-0.2, -0.15) is 5.10 Å². The minimum absolute atomic E-state index is 0.0809. The molecule has 4 rings (SSSR count). The van der Waals surface area contributed by atoms with Gasteiger partial charge >= 0.3 is 5.97 Å². The minimum Gasteiger partial charge on any atom is -0.460 e. The number of pyridine rings is 1. The molecule has 3 heterocycles. The maximum atomic E-state index is 14.1. The van der Waals surface area contributed by atoms with Crippen LogP contribution in [0.2, 0.25) is 0 Å². The van der Waals surface area contributed by atoms with E-state index in [0.717, 1.165) is 11.8 Å². The highest BCUT2D eigenvalue weighted by Gasteiger charge is 2.37. The van der Waals surface area contributed by atoms with E-state index >= 15 is 0 Å². The van der Waals surface area contributed by atoms with Crippen molar-refractivity contribution in [2.24, 2.45) is 0 Å².